The summed E-state index contributed by atoms with van der Waals surface area (Å²) in [5.41, 5.74) is 7.06. The van der Waals surface area contributed by atoms with Gasteiger partial charge in [0.05, 0.1) is 18.5 Å². The minimum absolute atomic E-state index is 0.124. The highest BCUT2D eigenvalue weighted by molar-refractivity contribution is 5.99. The van der Waals surface area contributed by atoms with Crippen molar-refractivity contribution >= 4 is 17.6 Å². The fourth-order valence-electron chi connectivity index (χ4n) is 1.65. The van der Waals surface area contributed by atoms with Gasteiger partial charge in [-0.1, -0.05) is 6.92 Å². The number of nitrogens with zero attached hydrogens (tertiary/aromatic N) is 2. The quantitative estimate of drug-likeness (QED) is 0.760. The number of methoxy groups -OCH3 is 1. The van der Waals surface area contributed by atoms with Crippen LogP contribution in [-0.2, 0) is 16.0 Å². The molecule has 1 aromatic rings. The van der Waals surface area contributed by atoms with E-state index in [-0.39, 0.29) is 24.2 Å². The number of carbonyl (C=O) groups is 2. The monoisotopic (exact) mass is 268 g/mol. The molecule has 19 heavy (non-hydrogen) atoms. The summed E-state index contributed by atoms with van der Waals surface area (Å²) in [5.74, 6) is -0.860. The van der Waals surface area contributed by atoms with Crippen LogP contribution in [0.1, 0.15) is 37.0 Å². The molecule has 0 aliphatic rings. The average molecular weight is 268 g/mol. The van der Waals surface area contributed by atoms with Crippen LogP contribution in [0.4, 0.5) is 5.69 Å². The van der Waals surface area contributed by atoms with Gasteiger partial charge in [0.1, 0.15) is 6.54 Å². The van der Waals surface area contributed by atoms with E-state index in [0.29, 0.717) is 17.8 Å². The molecule has 0 aromatic carbocycles. The number of hydrogen-bond donors (Lipinski definition) is 2. The number of nitrogen functional groups attached to an aromatic ring is 1. The zero-order valence-corrected chi connectivity index (χ0v) is 11.7. The molecule has 0 saturated carbocycles. The zero-order chi connectivity index (χ0) is 14.6. The molecule has 1 amide bonds. The smallest absolute Gasteiger partial charge is 0.325 e. The van der Waals surface area contributed by atoms with Crippen molar-refractivity contribution in [1.29, 1.82) is 0 Å². The van der Waals surface area contributed by atoms with Crippen LogP contribution in [0.5, 0.6) is 0 Å². The largest absolute Gasteiger partial charge is 0.468 e. The number of carbonyl (C=O) groups excluding carboxylic acids is 2. The maximum absolute atomic E-state index is 12.3. The fourth-order valence-corrected chi connectivity index (χ4v) is 1.65. The number of anilines is 1. The van der Waals surface area contributed by atoms with Gasteiger partial charge in [-0.05, 0) is 20.3 Å². The Balaban J connectivity index is 2.99. The molecule has 0 saturated heterocycles. The molecule has 1 rings (SSSR count). The van der Waals surface area contributed by atoms with Gasteiger partial charge in [-0.2, -0.15) is 5.10 Å². The molecule has 106 valence electrons. The van der Waals surface area contributed by atoms with Gasteiger partial charge < -0.3 is 15.4 Å². The molecule has 7 nitrogen and oxygen atoms in total. The number of hydrogen-bond acceptors (Lipinski definition) is 5. The van der Waals surface area contributed by atoms with E-state index in [1.165, 1.54) is 12.0 Å². The molecule has 0 radical (unpaired) electrons. The van der Waals surface area contributed by atoms with Crippen molar-refractivity contribution in [3.05, 3.63) is 11.4 Å². The van der Waals surface area contributed by atoms with Crippen LogP contribution in [-0.4, -0.2) is 46.7 Å². The van der Waals surface area contributed by atoms with Gasteiger partial charge in [-0.25, -0.2) is 0 Å². The number of nitrogens with two attached hydrogens (primary N) is 1. The highest BCUT2D eigenvalue weighted by Crippen LogP contribution is 2.17. The van der Waals surface area contributed by atoms with Gasteiger partial charge in [-0.3, -0.25) is 14.7 Å². The van der Waals surface area contributed by atoms with Gasteiger partial charge in [0.25, 0.3) is 5.91 Å². The molecule has 7 heteroatoms. The van der Waals surface area contributed by atoms with E-state index in [4.69, 9.17) is 5.73 Å². The number of amides is 1. The van der Waals surface area contributed by atoms with Gasteiger partial charge in [0, 0.05) is 6.04 Å². The second-order valence-corrected chi connectivity index (χ2v) is 4.42. The number of esters is 1. The second kappa shape index (κ2) is 6.21. The molecular formula is C12H20N4O3. The summed E-state index contributed by atoms with van der Waals surface area (Å²) in [4.78, 5) is 25.0. The Bertz CT molecular complexity index is 468. The molecule has 0 aliphatic heterocycles. The Kier molecular flexibility index (Phi) is 4.91. The SMILES string of the molecule is CCc1[nH]nc(C(=O)N(CC(=O)OC)C(C)C)c1N. The summed E-state index contributed by atoms with van der Waals surface area (Å²) in [6, 6.07) is -0.159. The average Bonchev–Trinajstić information content (AvgIpc) is 2.75. The fraction of sp³-hybridized carbons (Fsp3) is 0.583. The predicted molar refractivity (Wildman–Crippen MR) is 70.6 cm³/mol. The Morgan fingerprint density at radius 3 is 2.53 bits per heavy atom. The maximum Gasteiger partial charge on any atom is 0.325 e. The number of aromatic amines is 1. The molecule has 0 unspecified atom stereocenters. The maximum atomic E-state index is 12.3. The van der Waals surface area contributed by atoms with Crippen LogP contribution in [0, 0.1) is 0 Å². The minimum Gasteiger partial charge on any atom is -0.468 e. The highest BCUT2D eigenvalue weighted by atomic mass is 16.5. The lowest BCUT2D eigenvalue weighted by Crippen LogP contribution is -2.41. The summed E-state index contributed by atoms with van der Waals surface area (Å²) in [7, 11) is 1.28. The summed E-state index contributed by atoms with van der Waals surface area (Å²) in [5, 5.41) is 6.66. The van der Waals surface area contributed by atoms with Crippen LogP contribution in [0.2, 0.25) is 0 Å². The first kappa shape index (κ1) is 15.0. The lowest BCUT2D eigenvalue weighted by molar-refractivity contribution is -0.141. The van der Waals surface area contributed by atoms with E-state index >= 15 is 0 Å². The van der Waals surface area contributed by atoms with Crippen molar-refractivity contribution < 1.29 is 14.3 Å². The number of H-pyrrole nitrogens is 1. The van der Waals surface area contributed by atoms with E-state index in [1.807, 2.05) is 20.8 Å². The number of rotatable bonds is 5. The minimum atomic E-state index is -0.480. The Labute approximate surface area is 112 Å². The highest BCUT2D eigenvalue weighted by Gasteiger charge is 2.26. The topological polar surface area (TPSA) is 101 Å². The van der Waals surface area contributed by atoms with Crippen LogP contribution >= 0.6 is 0 Å². The van der Waals surface area contributed by atoms with Gasteiger partial charge in [0.2, 0.25) is 0 Å². The third kappa shape index (κ3) is 3.24. The summed E-state index contributed by atoms with van der Waals surface area (Å²) >= 11 is 0. The van der Waals surface area contributed by atoms with E-state index < -0.39 is 5.97 Å². The van der Waals surface area contributed by atoms with Crippen molar-refractivity contribution in [3.8, 4) is 0 Å². The first-order chi connectivity index (χ1) is 8.92. The van der Waals surface area contributed by atoms with Crippen LogP contribution in [0.15, 0.2) is 0 Å². The van der Waals surface area contributed by atoms with Gasteiger partial charge in [0.15, 0.2) is 5.69 Å². The lowest BCUT2D eigenvalue weighted by atomic mass is 10.2. The van der Waals surface area contributed by atoms with Crippen molar-refractivity contribution in [2.24, 2.45) is 0 Å². The van der Waals surface area contributed by atoms with Gasteiger partial charge in [-0.15, -0.1) is 0 Å². The van der Waals surface area contributed by atoms with Gasteiger partial charge >= 0.3 is 5.97 Å². The number of ether oxygens (including phenoxy) is 1. The van der Waals surface area contributed by atoms with Crippen molar-refractivity contribution in [2.75, 3.05) is 19.4 Å². The summed E-state index contributed by atoms with van der Waals surface area (Å²) in [6.45, 7) is 5.41. The Hall–Kier alpha value is -2.05. The predicted octanol–water partition coefficient (Wildman–Crippen LogP) is 0.578. The summed E-state index contributed by atoms with van der Waals surface area (Å²) < 4.78 is 4.58. The lowest BCUT2D eigenvalue weighted by Gasteiger charge is -2.24. The number of nitrogens with one attached hydrogen (secondary N) is 1. The Morgan fingerprint density at radius 1 is 1.47 bits per heavy atom. The van der Waals surface area contributed by atoms with Crippen molar-refractivity contribution in [3.63, 3.8) is 0 Å². The molecule has 0 aliphatic carbocycles. The van der Waals surface area contributed by atoms with Crippen LogP contribution in [0.25, 0.3) is 0 Å². The van der Waals surface area contributed by atoms with Crippen molar-refractivity contribution in [2.45, 2.75) is 33.2 Å². The molecule has 1 aromatic heterocycles. The molecule has 0 atom stereocenters. The van der Waals surface area contributed by atoms with E-state index in [2.05, 4.69) is 14.9 Å². The first-order valence-corrected chi connectivity index (χ1v) is 6.12. The number of aromatic nitrogens is 2. The number of aryl methyl sites for hydroxylation is 1. The van der Waals surface area contributed by atoms with E-state index in [9.17, 15) is 9.59 Å². The van der Waals surface area contributed by atoms with E-state index in [0.717, 1.165) is 0 Å². The molecule has 0 bridgehead atoms. The van der Waals surface area contributed by atoms with Crippen LogP contribution < -0.4 is 5.73 Å². The van der Waals surface area contributed by atoms with Crippen LogP contribution in [0.3, 0.4) is 0 Å². The standard InChI is InChI=1S/C12H20N4O3/c1-5-8-10(13)11(15-14-8)12(18)16(7(2)3)6-9(17)19-4/h7H,5-6,13H2,1-4H3,(H,14,15). The molecular weight excluding hydrogens is 248 g/mol. The first-order valence-electron chi connectivity index (χ1n) is 6.12. The Morgan fingerprint density at radius 2 is 2.11 bits per heavy atom. The zero-order valence-electron chi connectivity index (χ0n) is 11.7. The summed E-state index contributed by atoms with van der Waals surface area (Å²) in [6.07, 6.45) is 0.658. The second-order valence-electron chi connectivity index (χ2n) is 4.42. The normalized spacial score (nSPS) is 10.6. The van der Waals surface area contributed by atoms with E-state index in [1.54, 1.807) is 0 Å². The van der Waals surface area contributed by atoms with Crippen molar-refractivity contribution in [1.82, 2.24) is 15.1 Å². The molecule has 1 heterocycles. The molecule has 0 fully saturated rings. The molecule has 3 N–H and O–H groups in total. The third-order valence-corrected chi connectivity index (χ3v) is 2.85. The molecule has 0 spiro atoms. The third-order valence-electron chi connectivity index (χ3n) is 2.85.